The molecule has 1 heterocycles. The van der Waals surface area contributed by atoms with Crippen LogP contribution in [0.2, 0.25) is 0 Å². The zero-order valence-electron chi connectivity index (χ0n) is 11.3. The minimum Gasteiger partial charge on any atom is -0.371 e. The van der Waals surface area contributed by atoms with Gasteiger partial charge in [-0.05, 0) is 42.5 Å². The Kier molecular flexibility index (Phi) is 3.66. The quantitative estimate of drug-likeness (QED) is 0.826. The molecular weight excluding hydrogens is 246 g/mol. The number of piperidine rings is 1. The fourth-order valence-electron chi connectivity index (χ4n) is 2.40. The smallest absolute Gasteiger partial charge is 0.175 e. The molecular formula is C14H21NO2S. The highest BCUT2D eigenvalue weighted by molar-refractivity contribution is 7.90. The van der Waals surface area contributed by atoms with E-state index in [9.17, 15) is 8.42 Å². The number of rotatable bonds is 2. The Bertz CT molecular complexity index is 507. The van der Waals surface area contributed by atoms with E-state index in [1.807, 2.05) is 12.1 Å². The van der Waals surface area contributed by atoms with E-state index in [1.54, 1.807) is 12.1 Å². The zero-order chi connectivity index (χ0) is 13.3. The lowest BCUT2D eigenvalue weighted by Gasteiger charge is -2.36. The van der Waals surface area contributed by atoms with Gasteiger partial charge in [0.05, 0.1) is 4.90 Å². The second-order valence-corrected chi connectivity index (χ2v) is 7.47. The van der Waals surface area contributed by atoms with Gasteiger partial charge in [0.15, 0.2) is 9.84 Å². The average molecular weight is 267 g/mol. The molecule has 0 N–H and O–H groups in total. The molecule has 1 aliphatic heterocycles. The van der Waals surface area contributed by atoms with Crippen LogP contribution in [-0.4, -0.2) is 27.8 Å². The van der Waals surface area contributed by atoms with Crippen molar-refractivity contribution in [2.75, 3.05) is 24.2 Å². The van der Waals surface area contributed by atoms with Crippen LogP contribution in [0, 0.1) is 11.8 Å². The molecule has 100 valence electrons. The van der Waals surface area contributed by atoms with Gasteiger partial charge in [0, 0.05) is 25.0 Å². The van der Waals surface area contributed by atoms with Crippen molar-refractivity contribution in [2.24, 2.45) is 11.8 Å². The highest BCUT2D eigenvalue weighted by Crippen LogP contribution is 2.27. The van der Waals surface area contributed by atoms with Gasteiger partial charge in [-0.25, -0.2) is 8.42 Å². The van der Waals surface area contributed by atoms with Crippen molar-refractivity contribution in [1.82, 2.24) is 0 Å². The molecule has 2 unspecified atom stereocenters. The van der Waals surface area contributed by atoms with Crippen LogP contribution < -0.4 is 4.90 Å². The van der Waals surface area contributed by atoms with Gasteiger partial charge in [-0.3, -0.25) is 0 Å². The monoisotopic (exact) mass is 267 g/mol. The summed E-state index contributed by atoms with van der Waals surface area (Å²) in [5.41, 5.74) is 1.13. The van der Waals surface area contributed by atoms with Crippen molar-refractivity contribution in [1.29, 1.82) is 0 Å². The Morgan fingerprint density at radius 1 is 1.11 bits per heavy atom. The molecule has 0 radical (unpaired) electrons. The molecule has 0 saturated carbocycles. The molecule has 2 atom stereocenters. The van der Waals surface area contributed by atoms with E-state index in [-0.39, 0.29) is 0 Å². The van der Waals surface area contributed by atoms with E-state index in [4.69, 9.17) is 0 Å². The summed E-state index contributed by atoms with van der Waals surface area (Å²) in [7, 11) is -3.09. The molecule has 1 saturated heterocycles. The van der Waals surface area contributed by atoms with E-state index < -0.39 is 9.84 Å². The standard InChI is InChI=1S/C14H21NO2S/c1-11-8-9-15(10-12(11)2)13-4-6-14(7-5-13)18(3,16)17/h4-7,11-12H,8-10H2,1-3H3. The highest BCUT2D eigenvalue weighted by atomic mass is 32.2. The van der Waals surface area contributed by atoms with Crippen molar-refractivity contribution in [3.8, 4) is 0 Å². The lowest BCUT2D eigenvalue weighted by Crippen LogP contribution is -2.38. The predicted molar refractivity (Wildman–Crippen MR) is 74.7 cm³/mol. The topological polar surface area (TPSA) is 37.4 Å². The molecule has 1 aromatic carbocycles. The second-order valence-electron chi connectivity index (χ2n) is 5.46. The molecule has 3 nitrogen and oxygen atoms in total. The van der Waals surface area contributed by atoms with Gasteiger partial charge in [-0.2, -0.15) is 0 Å². The Morgan fingerprint density at radius 3 is 2.22 bits per heavy atom. The lowest BCUT2D eigenvalue weighted by atomic mass is 9.88. The first kappa shape index (κ1) is 13.4. The fourth-order valence-corrected chi connectivity index (χ4v) is 3.03. The minimum atomic E-state index is -3.09. The highest BCUT2D eigenvalue weighted by Gasteiger charge is 2.22. The third kappa shape index (κ3) is 2.86. The molecule has 0 amide bonds. The van der Waals surface area contributed by atoms with Crippen LogP contribution in [-0.2, 0) is 9.84 Å². The van der Waals surface area contributed by atoms with Crippen LogP contribution in [0.1, 0.15) is 20.3 Å². The summed E-state index contributed by atoms with van der Waals surface area (Å²) in [6.45, 7) is 6.69. The lowest BCUT2D eigenvalue weighted by molar-refractivity contribution is 0.324. The van der Waals surface area contributed by atoms with Crippen LogP contribution >= 0.6 is 0 Å². The van der Waals surface area contributed by atoms with E-state index in [2.05, 4.69) is 18.7 Å². The molecule has 0 aliphatic carbocycles. The minimum absolute atomic E-state index is 0.393. The summed E-state index contributed by atoms with van der Waals surface area (Å²) in [6.07, 6.45) is 2.45. The summed E-state index contributed by atoms with van der Waals surface area (Å²) < 4.78 is 22.8. The van der Waals surface area contributed by atoms with Gasteiger partial charge in [-0.15, -0.1) is 0 Å². The zero-order valence-corrected chi connectivity index (χ0v) is 12.1. The number of hydrogen-bond acceptors (Lipinski definition) is 3. The third-order valence-corrected chi connectivity index (χ3v) is 5.09. The average Bonchev–Trinajstić information content (AvgIpc) is 2.32. The molecule has 18 heavy (non-hydrogen) atoms. The normalized spacial score (nSPS) is 25.2. The number of anilines is 1. The molecule has 4 heteroatoms. The van der Waals surface area contributed by atoms with Gasteiger partial charge in [0.1, 0.15) is 0 Å². The number of sulfone groups is 1. The summed E-state index contributed by atoms with van der Waals surface area (Å²) >= 11 is 0. The first-order valence-electron chi connectivity index (χ1n) is 6.43. The van der Waals surface area contributed by atoms with E-state index in [1.165, 1.54) is 12.7 Å². The maximum absolute atomic E-state index is 11.4. The Labute approximate surface area is 110 Å². The summed E-state index contributed by atoms with van der Waals surface area (Å²) in [6, 6.07) is 7.24. The molecule has 0 aromatic heterocycles. The van der Waals surface area contributed by atoms with E-state index in [0.29, 0.717) is 10.8 Å². The van der Waals surface area contributed by atoms with Crippen molar-refractivity contribution >= 4 is 15.5 Å². The fraction of sp³-hybridized carbons (Fsp3) is 0.571. The predicted octanol–water partition coefficient (Wildman–Crippen LogP) is 2.57. The Morgan fingerprint density at radius 2 is 1.72 bits per heavy atom. The van der Waals surface area contributed by atoms with Crippen LogP contribution in [0.5, 0.6) is 0 Å². The molecule has 0 bridgehead atoms. The first-order valence-corrected chi connectivity index (χ1v) is 8.32. The molecule has 1 aromatic rings. The number of nitrogens with zero attached hydrogens (tertiary/aromatic N) is 1. The van der Waals surface area contributed by atoms with E-state index >= 15 is 0 Å². The van der Waals surface area contributed by atoms with Gasteiger partial charge in [0.2, 0.25) is 0 Å². The maximum Gasteiger partial charge on any atom is 0.175 e. The third-order valence-electron chi connectivity index (χ3n) is 3.96. The molecule has 0 spiro atoms. The Balaban J connectivity index is 2.16. The first-order chi connectivity index (χ1) is 8.38. The van der Waals surface area contributed by atoms with Crippen molar-refractivity contribution < 1.29 is 8.42 Å². The van der Waals surface area contributed by atoms with Crippen LogP contribution in [0.25, 0.3) is 0 Å². The second kappa shape index (κ2) is 4.92. The largest absolute Gasteiger partial charge is 0.371 e. The van der Waals surface area contributed by atoms with Gasteiger partial charge in [-0.1, -0.05) is 13.8 Å². The SMILES string of the molecule is CC1CCN(c2ccc(S(C)(=O)=O)cc2)CC1C. The van der Waals surface area contributed by atoms with Crippen LogP contribution in [0.4, 0.5) is 5.69 Å². The van der Waals surface area contributed by atoms with Crippen LogP contribution in [0.3, 0.4) is 0 Å². The van der Waals surface area contributed by atoms with Crippen molar-refractivity contribution in [2.45, 2.75) is 25.2 Å². The van der Waals surface area contributed by atoms with E-state index in [0.717, 1.165) is 24.7 Å². The molecule has 2 rings (SSSR count). The van der Waals surface area contributed by atoms with Gasteiger partial charge < -0.3 is 4.90 Å². The number of benzene rings is 1. The summed E-state index contributed by atoms with van der Waals surface area (Å²) in [5.74, 6) is 1.46. The van der Waals surface area contributed by atoms with Crippen molar-refractivity contribution in [3.63, 3.8) is 0 Å². The maximum atomic E-state index is 11.4. The van der Waals surface area contributed by atoms with Crippen LogP contribution in [0.15, 0.2) is 29.2 Å². The summed E-state index contributed by atoms with van der Waals surface area (Å²) in [5, 5.41) is 0. The Hall–Kier alpha value is -1.03. The van der Waals surface area contributed by atoms with Crippen molar-refractivity contribution in [3.05, 3.63) is 24.3 Å². The molecule has 1 aliphatic rings. The van der Waals surface area contributed by atoms with Gasteiger partial charge >= 0.3 is 0 Å². The van der Waals surface area contributed by atoms with Gasteiger partial charge in [0.25, 0.3) is 0 Å². The summed E-state index contributed by atoms with van der Waals surface area (Å²) in [4.78, 5) is 2.74. The molecule has 1 fully saturated rings. The number of hydrogen-bond donors (Lipinski definition) is 0.